The van der Waals surface area contributed by atoms with Crippen LogP contribution >= 0.6 is 23.1 Å². The Morgan fingerprint density at radius 1 is 1.26 bits per heavy atom. The molecule has 0 spiro atoms. The number of nitrogens with zero attached hydrogens (tertiary/aromatic N) is 2. The van der Waals surface area contributed by atoms with Gasteiger partial charge in [-0.2, -0.15) is 0 Å². The van der Waals surface area contributed by atoms with E-state index in [9.17, 15) is 0 Å². The molecule has 0 amide bonds. The van der Waals surface area contributed by atoms with Crippen LogP contribution in [0, 0.1) is 6.92 Å². The van der Waals surface area contributed by atoms with Gasteiger partial charge in [0.25, 0.3) is 0 Å². The van der Waals surface area contributed by atoms with E-state index in [0.717, 1.165) is 27.0 Å². The number of nitrogens with one attached hydrogen (secondary N) is 1. The molecule has 6 heteroatoms. The monoisotopic (exact) mass is 343 g/mol. The average molecular weight is 343 g/mol. The molecule has 0 fully saturated rings. The number of hydrogen-bond acceptors (Lipinski definition) is 6. The first kappa shape index (κ1) is 15.8. The van der Waals surface area contributed by atoms with Crippen molar-refractivity contribution in [1.29, 1.82) is 0 Å². The molecular weight excluding hydrogens is 326 g/mol. The number of aromatic nitrogens is 2. The van der Waals surface area contributed by atoms with Gasteiger partial charge in [-0.15, -0.1) is 23.1 Å². The molecule has 0 aliphatic rings. The van der Waals surface area contributed by atoms with Crippen molar-refractivity contribution in [2.24, 2.45) is 0 Å². The predicted octanol–water partition coefficient (Wildman–Crippen LogP) is 4.89. The minimum Gasteiger partial charge on any atom is -0.485 e. The molecule has 0 atom stereocenters. The maximum atomic E-state index is 5.98. The molecule has 3 rings (SSSR count). The maximum Gasteiger partial charge on any atom is 0.188 e. The molecule has 0 aliphatic heterocycles. The first-order valence-electron chi connectivity index (χ1n) is 7.14. The van der Waals surface area contributed by atoms with Crippen LogP contribution in [0.4, 0.5) is 10.9 Å². The molecule has 1 aromatic carbocycles. The zero-order chi connectivity index (χ0) is 16.1. The number of thioether (sulfide) groups is 1. The molecule has 118 valence electrons. The van der Waals surface area contributed by atoms with Gasteiger partial charge in [0, 0.05) is 16.5 Å². The number of thiazole rings is 1. The highest BCUT2D eigenvalue weighted by atomic mass is 32.2. The minimum atomic E-state index is 0.506. The van der Waals surface area contributed by atoms with Gasteiger partial charge >= 0.3 is 0 Å². The van der Waals surface area contributed by atoms with E-state index >= 15 is 0 Å². The van der Waals surface area contributed by atoms with Crippen LogP contribution in [0.5, 0.6) is 5.75 Å². The summed E-state index contributed by atoms with van der Waals surface area (Å²) in [5.74, 6) is 1.42. The van der Waals surface area contributed by atoms with E-state index in [0.29, 0.717) is 12.4 Å². The second-order valence-corrected chi connectivity index (χ2v) is 6.65. The zero-order valence-corrected chi connectivity index (χ0v) is 14.6. The van der Waals surface area contributed by atoms with Crippen LogP contribution < -0.4 is 10.1 Å². The van der Waals surface area contributed by atoms with Crippen molar-refractivity contribution in [3.63, 3.8) is 0 Å². The fourth-order valence-electron chi connectivity index (χ4n) is 1.99. The van der Waals surface area contributed by atoms with Gasteiger partial charge in [-0.25, -0.2) is 9.97 Å². The van der Waals surface area contributed by atoms with Gasteiger partial charge in [0.1, 0.15) is 6.61 Å². The molecule has 0 saturated carbocycles. The number of aryl methyl sites for hydroxylation is 1. The fourth-order valence-corrected chi connectivity index (χ4v) is 3.06. The lowest BCUT2D eigenvalue weighted by atomic mass is 10.2. The molecule has 3 aromatic rings. The molecule has 23 heavy (non-hydrogen) atoms. The molecule has 2 aromatic heterocycles. The van der Waals surface area contributed by atoms with Crippen molar-refractivity contribution in [2.45, 2.75) is 18.4 Å². The van der Waals surface area contributed by atoms with Crippen molar-refractivity contribution in [1.82, 2.24) is 9.97 Å². The third-order valence-electron chi connectivity index (χ3n) is 3.14. The number of ether oxygens (including phenoxy) is 1. The predicted molar refractivity (Wildman–Crippen MR) is 96.9 cm³/mol. The molecule has 0 bridgehead atoms. The van der Waals surface area contributed by atoms with E-state index in [1.807, 2.05) is 61.2 Å². The summed E-state index contributed by atoms with van der Waals surface area (Å²) in [7, 11) is 0. The number of pyridine rings is 1. The summed E-state index contributed by atoms with van der Waals surface area (Å²) in [5, 5.41) is 6.06. The number of benzene rings is 1. The summed E-state index contributed by atoms with van der Waals surface area (Å²) in [4.78, 5) is 9.95. The molecule has 2 heterocycles. The van der Waals surface area contributed by atoms with Crippen LogP contribution in [0.2, 0.25) is 0 Å². The normalized spacial score (nSPS) is 10.5. The Labute approximate surface area is 144 Å². The summed E-state index contributed by atoms with van der Waals surface area (Å²) in [5.41, 5.74) is 2.11. The fraction of sp³-hybridized carbons (Fsp3) is 0.176. The van der Waals surface area contributed by atoms with E-state index in [2.05, 4.69) is 15.3 Å². The maximum absolute atomic E-state index is 5.98. The van der Waals surface area contributed by atoms with Crippen LogP contribution in [-0.4, -0.2) is 16.2 Å². The van der Waals surface area contributed by atoms with E-state index in [4.69, 9.17) is 4.74 Å². The Hall–Kier alpha value is -2.05. The second-order valence-electron chi connectivity index (χ2n) is 4.92. The molecule has 0 unspecified atom stereocenters. The third kappa shape index (κ3) is 4.24. The number of anilines is 2. The quantitative estimate of drug-likeness (QED) is 0.646. The Balaban J connectivity index is 1.80. The second kappa shape index (κ2) is 7.48. The molecule has 0 saturated heterocycles. The van der Waals surface area contributed by atoms with Gasteiger partial charge in [-0.1, -0.05) is 30.3 Å². The van der Waals surface area contributed by atoms with Gasteiger partial charge in [-0.05, 0) is 24.8 Å². The molecular formula is C17H17N3OS2. The van der Waals surface area contributed by atoms with Gasteiger partial charge in [0.15, 0.2) is 16.7 Å². The number of hydrogen-bond donors (Lipinski definition) is 1. The summed E-state index contributed by atoms with van der Waals surface area (Å²) >= 11 is 3.19. The van der Waals surface area contributed by atoms with E-state index < -0.39 is 0 Å². The van der Waals surface area contributed by atoms with Crippen molar-refractivity contribution in [3.05, 3.63) is 59.2 Å². The van der Waals surface area contributed by atoms with Crippen molar-refractivity contribution in [2.75, 3.05) is 11.6 Å². The average Bonchev–Trinajstić information content (AvgIpc) is 3.00. The summed E-state index contributed by atoms with van der Waals surface area (Å²) in [6.45, 7) is 2.48. The standard InChI is InChI=1S/C17H17N3OS2/c1-12-11-23-17(19-12)20-16-15(8-14(22-2)9-18-16)21-10-13-6-4-3-5-7-13/h3-9,11H,10H2,1-2H3,(H,18,19,20). The molecule has 0 radical (unpaired) electrons. The van der Waals surface area contributed by atoms with Gasteiger partial charge in [0.2, 0.25) is 0 Å². The minimum absolute atomic E-state index is 0.506. The van der Waals surface area contributed by atoms with Gasteiger partial charge in [-0.3, -0.25) is 0 Å². The molecule has 0 aliphatic carbocycles. The van der Waals surface area contributed by atoms with Crippen molar-refractivity contribution in [3.8, 4) is 5.75 Å². The van der Waals surface area contributed by atoms with Crippen molar-refractivity contribution >= 4 is 34.0 Å². The summed E-state index contributed by atoms with van der Waals surface area (Å²) < 4.78 is 5.98. The highest BCUT2D eigenvalue weighted by Crippen LogP contribution is 2.31. The van der Waals surface area contributed by atoms with Gasteiger partial charge < -0.3 is 10.1 Å². The van der Waals surface area contributed by atoms with E-state index in [-0.39, 0.29) is 0 Å². The van der Waals surface area contributed by atoms with E-state index in [1.54, 1.807) is 23.1 Å². The van der Waals surface area contributed by atoms with Crippen LogP contribution in [0.1, 0.15) is 11.3 Å². The Bertz CT molecular complexity index is 775. The summed E-state index contributed by atoms with van der Waals surface area (Å²) in [6.07, 6.45) is 3.86. The van der Waals surface area contributed by atoms with Gasteiger partial charge in [0.05, 0.1) is 5.69 Å². The first-order chi connectivity index (χ1) is 11.2. The largest absolute Gasteiger partial charge is 0.485 e. The third-order valence-corrected chi connectivity index (χ3v) is 4.72. The lowest BCUT2D eigenvalue weighted by Gasteiger charge is -2.12. The van der Waals surface area contributed by atoms with E-state index in [1.165, 1.54) is 0 Å². The SMILES string of the molecule is CSc1cnc(Nc2nc(C)cs2)c(OCc2ccccc2)c1. The molecule has 4 nitrogen and oxygen atoms in total. The highest BCUT2D eigenvalue weighted by molar-refractivity contribution is 7.98. The van der Waals surface area contributed by atoms with Crippen LogP contribution in [0.25, 0.3) is 0 Å². The lowest BCUT2D eigenvalue weighted by molar-refractivity contribution is 0.306. The highest BCUT2D eigenvalue weighted by Gasteiger charge is 2.10. The van der Waals surface area contributed by atoms with Crippen LogP contribution in [0.3, 0.4) is 0 Å². The first-order valence-corrected chi connectivity index (χ1v) is 9.25. The zero-order valence-electron chi connectivity index (χ0n) is 12.9. The van der Waals surface area contributed by atoms with Crippen LogP contribution in [0.15, 0.2) is 52.9 Å². The van der Waals surface area contributed by atoms with Crippen molar-refractivity contribution < 1.29 is 4.74 Å². The Kier molecular flexibility index (Phi) is 5.15. The van der Waals surface area contributed by atoms with Crippen LogP contribution in [-0.2, 0) is 6.61 Å². The number of rotatable bonds is 6. The Morgan fingerprint density at radius 3 is 2.78 bits per heavy atom. The Morgan fingerprint density at radius 2 is 2.09 bits per heavy atom. The molecule has 1 N–H and O–H groups in total. The smallest absolute Gasteiger partial charge is 0.188 e. The summed E-state index contributed by atoms with van der Waals surface area (Å²) in [6, 6.07) is 12.1. The lowest BCUT2D eigenvalue weighted by Crippen LogP contribution is -2.01. The topological polar surface area (TPSA) is 47.0 Å².